The molecule has 0 spiro atoms. The number of hydrogen-bond donors (Lipinski definition) is 0. The second-order valence-corrected chi connectivity index (χ2v) is 10.4. The fourth-order valence-electron chi connectivity index (χ4n) is 4.81. The first-order valence-electron chi connectivity index (χ1n) is 11.9. The van der Waals surface area contributed by atoms with Crippen LogP contribution in [0, 0.1) is 5.82 Å². The van der Waals surface area contributed by atoms with Crippen LogP contribution in [0.2, 0.25) is 0 Å². The van der Waals surface area contributed by atoms with Gasteiger partial charge in [-0.15, -0.1) is 0 Å². The molecule has 2 aliphatic rings. The highest BCUT2D eigenvalue weighted by atomic mass is 19.1. The monoisotopic (exact) mass is 467 g/mol. The average Bonchev–Trinajstić information content (AvgIpc) is 2.76. The first-order valence-corrected chi connectivity index (χ1v) is 11.9. The number of fused-ring (bicyclic) bond motifs is 1. The Morgan fingerprint density at radius 3 is 2.24 bits per heavy atom. The molecule has 0 saturated heterocycles. The Morgan fingerprint density at radius 2 is 1.59 bits per heavy atom. The van der Waals surface area contributed by atoms with E-state index in [1.165, 1.54) is 17.7 Å². The van der Waals surface area contributed by atoms with Gasteiger partial charge in [-0.05, 0) is 68.9 Å². The zero-order valence-electron chi connectivity index (χ0n) is 20.6. The van der Waals surface area contributed by atoms with Crippen LogP contribution in [0.5, 0.6) is 0 Å². The summed E-state index contributed by atoms with van der Waals surface area (Å²) in [5.74, 6) is -0.294. The van der Waals surface area contributed by atoms with Gasteiger partial charge >= 0.3 is 12.1 Å². The van der Waals surface area contributed by atoms with Crippen LogP contribution in [0.15, 0.2) is 48.5 Å². The van der Waals surface area contributed by atoms with Gasteiger partial charge in [-0.3, -0.25) is 0 Å². The summed E-state index contributed by atoms with van der Waals surface area (Å²) in [6.07, 6.45) is 1.86. The van der Waals surface area contributed by atoms with Crippen LogP contribution in [0.3, 0.4) is 0 Å². The zero-order chi connectivity index (χ0) is 24.6. The highest BCUT2D eigenvalue weighted by Gasteiger charge is 2.42. The molecule has 6 nitrogen and oxygen atoms in total. The third-order valence-corrected chi connectivity index (χ3v) is 6.88. The number of hydrogen-bond acceptors (Lipinski definition) is 3. The molecule has 0 unspecified atom stereocenters. The first-order chi connectivity index (χ1) is 16.0. The smallest absolute Gasteiger partial charge is 0.410 e. The fraction of sp³-hybridized carbons (Fsp3) is 0.481. The lowest BCUT2D eigenvalue weighted by atomic mass is 9.84. The summed E-state index contributed by atoms with van der Waals surface area (Å²) < 4.78 is 19.1. The molecule has 7 heteroatoms. The van der Waals surface area contributed by atoms with Crippen LogP contribution in [-0.4, -0.2) is 65.1 Å². The van der Waals surface area contributed by atoms with Crippen molar-refractivity contribution >= 4 is 12.1 Å². The Morgan fingerprint density at radius 1 is 0.971 bits per heavy atom. The van der Waals surface area contributed by atoms with Gasteiger partial charge in [-0.1, -0.05) is 36.4 Å². The van der Waals surface area contributed by atoms with Gasteiger partial charge in [-0.2, -0.15) is 0 Å². The van der Waals surface area contributed by atoms with Crippen molar-refractivity contribution in [3.63, 3.8) is 0 Å². The van der Waals surface area contributed by atoms with Crippen molar-refractivity contribution in [2.45, 2.75) is 63.8 Å². The Bertz CT molecular complexity index is 1040. The molecule has 1 heterocycles. The molecule has 1 atom stereocenters. The maximum Gasteiger partial charge on any atom is 0.410 e. The van der Waals surface area contributed by atoms with Crippen molar-refractivity contribution in [3.8, 4) is 0 Å². The van der Waals surface area contributed by atoms with Gasteiger partial charge in [-0.25, -0.2) is 14.0 Å². The fourth-order valence-corrected chi connectivity index (χ4v) is 4.81. The summed E-state index contributed by atoms with van der Waals surface area (Å²) in [6.45, 7) is 6.14. The average molecular weight is 468 g/mol. The van der Waals surface area contributed by atoms with Crippen LogP contribution in [-0.2, 0) is 11.2 Å². The van der Waals surface area contributed by atoms with Gasteiger partial charge in [0.2, 0.25) is 0 Å². The lowest BCUT2D eigenvalue weighted by Gasteiger charge is -2.47. The van der Waals surface area contributed by atoms with E-state index in [1.807, 2.05) is 44.9 Å². The summed E-state index contributed by atoms with van der Waals surface area (Å²) in [5.41, 5.74) is 2.65. The normalized spacial score (nSPS) is 21.8. The highest BCUT2D eigenvalue weighted by molar-refractivity contribution is 5.76. The van der Waals surface area contributed by atoms with Crippen LogP contribution < -0.4 is 0 Å². The topological polar surface area (TPSA) is 53.1 Å². The highest BCUT2D eigenvalue weighted by Crippen LogP contribution is 2.37. The number of amides is 3. The first kappa shape index (κ1) is 24.0. The molecule has 182 valence electrons. The minimum absolute atomic E-state index is 0.0464. The predicted octanol–water partition coefficient (Wildman–Crippen LogP) is 5.22. The minimum atomic E-state index is -0.541. The van der Waals surface area contributed by atoms with Gasteiger partial charge in [0.1, 0.15) is 11.4 Å². The van der Waals surface area contributed by atoms with E-state index in [4.69, 9.17) is 4.74 Å². The molecular formula is C27H34FN3O3. The number of halogens is 1. The molecule has 2 aromatic rings. The largest absolute Gasteiger partial charge is 0.444 e. The maximum atomic E-state index is 13.7. The molecule has 0 aromatic heterocycles. The Kier molecular flexibility index (Phi) is 6.56. The molecule has 3 amide bonds. The van der Waals surface area contributed by atoms with Crippen LogP contribution in [0.25, 0.3) is 0 Å². The van der Waals surface area contributed by atoms with Gasteiger partial charge in [0.15, 0.2) is 0 Å². The second kappa shape index (κ2) is 9.28. The lowest BCUT2D eigenvalue weighted by Crippen LogP contribution is -2.58. The van der Waals surface area contributed by atoms with Gasteiger partial charge in [0, 0.05) is 32.7 Å². The van der Waals surface area contributed by atoms with Crippen molar-refractivity contribution in [1.29, 1.82) is 0 Å². The summed E-state index contributed by atoms with van der Waals surface area (Å²) in [6, 6.07) is 14.3. The zero-order valence-corrected chi connectivity index (χ0v) is 20.6. The van der Waals surface area contributed by atoms with E-state index in [0.717, 1.165) is 17.5 Å². The number of carbonyl (C=O) groups excluding carboxylic acids is 2. The van der Waals surface area contributed by atoms with Crippen LogP contribution in [0.4, 0.5) is 14.0 Å². The molecule has 4 rings (SSSR count). The van der Waals surface area contributed by atoms with Crippen molar-refractivity contribution in [3.05, 3.63) is 71.0 Å². The van der Waals surface area contributed by atoms with Crippen LogP contribution in [0.1, 0.15) is 56.3 Å². The standard InChI is InChI=1S/C27H34FN3O3/c1-27(2,3)34-26(33)30(5)22-16-21(17-22)29(4)25(32)31-15-14-18-8-6-7-9-23(18)24(31)19-10-12-20(28)13-11-19/h6-13,21-22,24H,14-17H2,1-5H3/t21-,22-,24-/m0/s1. The van der Waals surface area contributed by atoms with Gasteiger partial charge in [0.05, 0.1) is 6.04 Å². The van der Waals surface area contributed by atoms with E-state index in [0.29, 0.717) is 19.4 Å². The number of benzene rings is 2. The Hall–Kier alpha value is -3.09. The van der Waals surface area contributed by atoms with Crippen LogP contribution >= 0.6 is 0 Å². The molecule has 1 fully saturated rings. The number of ether oxygens (including phenoxy) is 1. The predicted molar refractivity (Wildman–Crippen MR) is 129 cm³/mol. The SMILES string of the molecule is CN(C(=O)OC(C)(C)C)[C@H]1C[C@H](N(C)C(=O)N2CCc3ccccc3[C@@H]2c2ccc(F)cc2)C1. The molecule has 0 N–H and O–H groups in total. The number of nitrogens with zero attached hydrogens (tertiary/aromatic N) is 3. The quantitative estimate of drug-likeness (QED) is 0.622. The second-order valence-electron chi connectivity index (χ2n) is 10.4. The third-order valence-electron chi connectivity index (χ3n) is 6.88. The van der Waals surface area contributed by atoms with Crippen molar-refractivity contribution in [2.75, 3.05) is 20.6 Å². The van der Waals surface area contributed by atoms with Gasteiger partial charge in [0.25, 0.3) is 0 Å². The van der Waals surface area contributed by atoms with Crippen molar-refractivity contribution in [1.82, 2.24) is 14.7 Å². The van der Waals surface area contributed by atoms with E-state index < -0.39 is 5.60 Å². The molecule has 2 aromatic carbocycles. The third kappa shape index (κ3) is 4.88. The Labute approximate surface area is 201 Å². The molecular weight excluding hydrogens is 433 g/mol. The number of rotatable bonds is 3. The molecule has 1 aliphatic heterocycles. The van der Waals surface area contributed by atoms with E-state index in [2.05, 4.69) is 12.1 Å². The Balaban J connectivity index is 1.47. The van der Waals surface area contributed by atoms with Crippen molar-refractivity contribution < 1.29 is 18.7 Å². The van der Waals surface area contributed by atoms with Crippen molar-refractivity contribution in [2.24, 2.45) is 0 Å². The van der Waals surface area contributed by atoms with E-state index in [9.17, 15) is 14.0 Å². The van der Waals surface area contributed by atoms with E-state index >= 15 is 0 Å². The molecule has 34 heavy (non-hydrogen) atoms. The molecule has 0 radical (unpaired) electrons. The molecule has 1 saturated carbocycles. The number of carbonyl (C=O) groups is 2. The summed E-state index contributed by atoms with van der Waals surface area (Å²) in [7, 11) is 3.59. The van der Waals surface area contributed by atoms with Gasteiger partial charge < -0.3 is 19.4 Å². The van der Waals surface area contributed by atoms with E-state index in [1.54, 1.807) is 29.0 Å². The summed E-state index contributed by atoms with van der Waals surface area (Å²) >= 11 is 0. The molecule has 0 bridgehead atoms. The molecule has 1 aliphatic carbocycles. The maximum absolute atomic E-state index is 13.7. The summed E-state index contributed by atoms with van der Waals surface area (Å²) in [5, 5.41) is 0. The number of urea groups is 1. The van der Waals surface area contributed by atoms with E-state index in [-0.39, 0.29) is 36.1 Å². The lowest BCUT2D eigenvalue weighted by molar-refractivity contribution is 0.00180. The minimum Gasteiger partial charge on any atom is -0.444 e. The summed E-state index contributed by atoms with van der Waals surface area (Å²) in [4.78, 5) is 31.4.